The Kier molecular flexibility index (Phi) is 4.74. The number of alkyl halides is 3. The smallest absolute Gasteiger partial charge is 0.416 e. The lowest BCUT2D eigenvalue weighted by Crippen LogP contribution is -2.12. The van der Waals surface area contributed by atoms with E-state index < -0.39 is 17.7 Å². The maximum atomic E-state index is 12.7. The van der Waals surface area contributed by atoms with E-state index in [9.17, 15) is 18.0 Å². The van der Waals surface area contributed by atoms with Crippen LogP contribution in [-0.2, 0) is 10.9 Å². The number of anilines is 1. The number of rotatable bonds is 3. The minimum absolute atomic E-state index is 0.0120. The Hall–Kier alpha value is -3.08. The summed E-state index contributed by atoms with van der Waals surface area (Å²) in [5, 5.41) is 9.04. The molecule has 2 aromatic rings. The standard InChI is InChI=1S/C16H12F3N3O2/c1-2-24-15(23)13-12(7-10(8-20)14(21)22-13)9-3-5-11(6-4-9)16(17,18)19/h3-7H,2H2,1H3,(H2,21,22). The number of esters is 1. The van der Waals surface area contributed by atoms with Crippen molar-refractivity contribution >= 4 is 11.8 Å². The fourth-order valence-electron chi connectivity index (χ4n) is 2.03. The Bertz CT molecular complexity index is 809. The minimum Gasteiger partial charge on any atom is -0.461 e. The summed E-state index contributed by atoms with van der Waals surface area (Å²) in [6.45, 7) is 1.69. The second kappa shape index (κ2) is 6.58. The predicted octanol–water partition coefficient (Wildman–Crippen LogP) is 3.40. The van der Waals surface area contributed by atoms with Gasteiger partial charge in [0.1, 0.15) is 11.9 Å². The van der Waals surface area contributed by atoms with Crippen LogP contribution in [0.5, 0.6) is 0 Å². The lowest BCUT2D eigenvalue weighted by Gasteiger charge is -2.12. The van der Waals surface area contributed by atoms with Crippen LogP contribution in [0.3, 0.4) is 0 Å². The molecule has 0 saturated carbocycles. The fraction of sp³-hybridized carbons (Fsp3) is 0.188. The second-order valence-corrected chi connectivity index (χ2v) is 4.72. The van der Waals surface area contributed by atoms with E-state index in [1.54, 1.807) is 6.92 Å². The van der Waals surface area contributed by atoms with Gasteiger partial charge in [0, 0.05) is 5.56 Å². The molecule has 0 unspecified atom stereocenters. The highest BCUT2D eigenvalue weighted by Gasteiger charge is 2.30. The third kappa shape index (κ3) is 3.46. The number of aromatic nitrogens is 1. The van der Waals surface area contributed by atoms with E-state index in [4.69, 9.17) is 15.7 Å². The van der Waals surface area contributed by atoms with Crippen LogP contribution in [-0.4, -0.2) is 17.6 Å². The van der Waals surface area contributed by atoms with Crippen LogP contribution in [0.1, 0.15) is 28.5 Å². The van der Waals surface area contributed by atoms with E-state index >= 15 is 0 Å². The Balaban J connectivity index is 2.59. The number of carbonyl (C=O) groups excluding carboxylic acids is 1. The fourth-order valence-corrected chi connectivity index (χ4v) is 2.03. The molecule has 1 heterocycles. The number of pyridine rings is 1. The molecule has 1 aromatic heterocycles. The largest absolute Gasteiger partial charge is 0.461 e. The zero-order valence-electron chi connectivity index (χ0n) is 12.5. The number of ether oxygens (including phenoxy) is 1. The first kappa shape index (κ1) is 17.3. The van der Waals surface area contributed by atoms with Crippen molar-refractivity contribution in [3.8, 4) is 17.2 Å². The number of nitrogen functional groups attached to an aromatic ring is 1. The molecular formula is C16H12F3N3O2. The number of hydrogen-bond donors (Lipinski definition) is 1. The zero-order chi connectivity index (χ0) is 17.9. The van der Waals surface area contributed by atoms with Gasteiger partial charge in [-0.3, -0.25) is 0 Å². The molecule has 0 atom stereocenters. The molecule has 8 heteroatoms. The van der Waals surface area contributed by atoms with Gasteiger partial charge >= 0.3 is 12.1 Å². The minimum atomic E-state index is -4.47. The van der Waals surface area contributed by atoms with Crippen LogP contribution >= 0.6 is 0 Å². The number of nitrogens with two attached hydrogens (primary N) is 1. The van der Waals surface area contributed by atoms with Gasteiger partial charge in [-0.25, -0.2) is 9.78 Å². The molecule has 2 rings (SSSR count). The van der Waals surface area contributed by atoms with E-state index in [0.29, 0.717) is 0 Å². The Morgan fingerprint density at radius 1 is 1.33 bits per heavy atom. The third-order valence-corrected chi connectivity index (χ3v) is 3.16. The first-order valence-corrected chi connectivity index (χ1v) is 6.83. The summed E-state index contributed by atoms with van der Waals surface area (Å²) in [7, 11) is 0. The van der Waals surface area contributed by atoms with Gasteiger partial charge in [-0.15, -0.1) is 0 Å². The lowest BCUT2D eigenvalue weighted by atomic mass is 10.00. The van der Waals surface area contributed by atoms with Crippen LogP contribution in [0.2, 0.25) is 0 Å². The molecule has 24 heavy (non-hydrogen) atoms. The maximum absolute atomic E-state index is 12.7. The van der Waals surface area contributed by atoms with Crippen molar-refractivity contribution in [2.24, 2.45) is 0 Å². The van der Waals surface area contributed by atoms with Crippen LogP contribution in [0.15, 0.2) is 30.3 Å². The summed E-state index contributed by atoms with van der Waals surface area (Å²) in [6, 6.07) is 7.27. The van der Waals surface area contributed by atoms with Crippen molar-refractivity contribution in [3.05, 3.63) is 47.2 Å². The number of nitrogens with zero attached hydrogens (tertiary/aromatic N) is 2. The summed E-state index contributed by atoms with van der Waals surface area (Å²) in [5.41, 5.74) is 5.09. The van der Waals surface area contributed by atoms with Gasteiger partial charge in [-0.05, 0) is 30.7 Å². The number of nitriles is 1. The molecule has 2 N–H and O–H groups in total. The molecule has 0 aliphatic heterocycles. The highest BCUT2D eigenvalue weighted by molar-refractivity contribution is 5.96. The molecule has 0 spiro atoms. The first-order chi connectivity index (χ1) is 11.3. The monoisotopic (exact) mass is 335 g/mol. The predicted molar refractivity (Wildman–Crippen MR) is 79.8 cm³/mol. The van der Waals surface area contributed by atoms with Crippen molar-refractivity contribution < 1.29 is 22.7 Å². The average Bonchev–Trinajstić information content (AvgIpc) is 2.54. The lowest BCUT2D eigenvalue weighted by molar-refractivity contribution is -0.137. The van der Waals surface area contributed by atoms with Gasteiger partial charge in [0.2, 0.25) is 0 Å². The van der Waals surface area contributed by atoms with Crippen molar-refractivity contribution in [2.45, 2.75) is 13.1 Å². The topological polar surface area (TPSA) is 89.0 Å². The molecule has 124 valence electrons. The summed E-state index contributed by atoms with van der Waals surface area (Å²) < 4.78 is 42.8. The molecular weight excluding hydrogens is 323 g/mol. The van der Waals surface area contributed by atoms with E-state index in [1.807, 2.05) is 6.07 Å². The van der Waals surface area contributed by atoms with Crippen molar-refractivity contribution in [1.29, 1.82) is 5.26 Å². The van der Waals surface area contributed by atoms with Crippen LogP contribution in [0.25, 0.3) is 11.1 Å². The number of benzene rings is 1. The average molecular weight is 335 g/mol. The number of hydrogen-bond acceptors (Lipinski definition) is 5. The molecule has 0 saturated heterocycles. The second-order valence-electron chi connectivity index (χ2n) is 4.72. The molecule has 0 bridgehead atoms. The molecule has 5 nitrogen and oxygen atoms in total. The molecule has 0 radical (unpaired) electrons. The summed E-state index contributed by atoms with van der Waals surface area (Å²) in [5.74, 6) is -0.931. The Labute approximate surface area is 135 Å². The van der Waals surface area contributed by atoms with Crippen LogP contribution in [0.4, 0.5) is 19.0 Å². The normalized spacial score (nSPS) is 11.0. The SMILES string of the molecule is CCOC(=O)c1nc(N)c(C#N)cc1-c1ccc(C(F)(F)F)cc1. The Morgan fingerprint density at radius 3 is 2.46 bits per heavy atom. The summed E-state index contributed by atoms with van der Waals surface area (Å²) in [4.78, 5) is 15.9. The Morgan fingerprint density at radius 2 is 1.96 bits per heavy atom. The molecule has 0 aliphatic carbocycles. The van der Waals surface area contributed by atoms with Crippen molar-refractivity contribution in [2.75, 3.05) is 12.3 Å². The molecule has 1 aromatic carbocycles. The van der Waals surface area contributed by atoms with Crippen LogP contribution < -0.4 is 5.73 Å². The number of carbonyl (C=O) groups is 1. The first-order valence-electron chi connectivity index (χ1n) is 6.83. The van der Waals surface area contributed by atoms with E-state index in [2.05, 4.69) is 4.98 Å². The van der Waals surface area contributed by atoms with Gasteiger partial charge in [0.15, 0.2) is 5.69 Å². The van der Waals surface area contributed by atoms with Gasteiger partial charge < -0.3 is 10.5 Å². The van der Waals surface area contributed by atoms with E-state index in [1.165, 1.54) is 18.2 Å². The quantitative estimate of drug-likeness (QED) is 0.868. The van der Waals surface area contributed by atoms with Gasteiger partial charge in [0.25, 0.3) is 0 Å². The van der Waals surface area contributed by atoms with Gasteiger partial charge in [-0.1, -0.05) is 12.1 Å². The maximum Gasteiger partial charge on any atom is 0.416 e. The summed E-state index contributed by atoms with van der Waals surface area (Å²) in [6.07, 6.45) is -4.47. The summed E-state index contributed by atoms with van der Waals surface area (Å²) >= 11 is 0. The van der Waals surface area contributed by atoms with E-state index in [0.717, 1.165) is 12.1 Å². The van der Waals surface area contributed by atoms with Crippen LogP contribution in [0, 0.1) is 11.3 Å². The van der Waals surface area contributed by atoms with Gasteiger partial charge in [0.05, 0.1) is 17.7 Å². The molecule has 0 aliphatic rings. The van der Waals surface area contributed by atoms with Crippen molar-refractivity contribution in [3.63, 3.8) is 0 Å². The molecule has 0 amide bonds. The highest BCUT2D eigenvalue weighted by atomic mass is 19.4. The third-order valence-electron chi connectivity index (χ3n) is 3.16. The van der Waals surface area contributed by atoms with Crippen molar-refractivity contribution in [1.82, 2.24) is 4.98 Å². The zero-order valence-corrected chi connectivity index (χ0v) is 12.5. The van der Waals surface area contributed by atoms with Gasteiger partial charge in [-0.2, -0.15) is 18.4 Å². The van der Waals surface area contributed by atoms with E-state index in [-0.39, 0.29) is 34.8 Å². The highest BCUT2D eigenvalue weighted by Crippen LogP contribution is 2.32. The molecule has 0 fully saturated rings. The number of halogens is 3.